The minimum atomic E-state index is 0.772. The van der Waals surface area contributed by atoms with Crippen LogP contribution in [0.1, 0.15) is 93.4 Å². The van der Waals surface area contributed by atoms with Crippen molar-refractivity contribution in [3.05, 3.63) is 0 Å². The van der Waals surface area contributed by atoms with Gasteiger partial charge in [0.25, 0.3) is 0 Å². The van der Waals surface area contributed by atoms with Crippen molar-refractivity contribution in [3.63, 3.8) is 0 Å². The molecule has 1 saturated carbocycles. The molecule has 0 bridgehead atoms. The van der Waals surface area contributed by atoms with Gasteiger partial charge in [0.15, 0.2) is 0 Å². The minimum Gasteiger partial charge on any atom is -0.317 e. The number of rotatable bonds is 3. The smallest absolute Gasteiger partial charge is 0.00884 e. The van der Waals surface area contributed by atoms with E-state index in [-0.39, 0.29) is 0 Å². The molecule has 2 aliphatic heterocycles. The van der Waals surface area contributed by atoms with E-state index < -0.39 is 0 Å². The van der Waals surface area contributed by atoms with Crippen molar-refractivity contribution in [2.24, 2.45) is 11.8 Å². The number of nitrogens with one attached hydrogen (secondary N) is 2. The summed E-state index contributed by atoms with van der Waals surface area (Å²) < 4.78 is 0. The lowest BCUT2D eigenvalue weighted by atomic mass is 9.88. The summed E-state index contributed by atoms with van der Waals surface area (Å²) in [7, 11) is 2.09. The van der Waals surface area contributed by atoms with Gasteiger partial charge >= 0.3 is 0 Å². The predicted molar refractivity (Wildman–Crippen MR) is 121 cm³/mol. The van der Waals surface area contributed by atoms with Gasteiger partial charge in [0.05, 0.1) is 0 Å². The van der Waals surface area contributed by atoms with Gasteiger partial charge in [-0.2, -0.15) is 0 Å². The lowest BCUT2D eigenvalue weighted by molar-refractivity contribution is 0.161. The number of hydrogen-bond donors (Lipinski definition) is 2. The van der Waals surface area contributed by atoms with Gasteiger partial charge in [0.1, 0.15) is 0 Å². The van der Waals surface area contributed by atoms with E-state index in [9.17, 15) is 0 Å². The van der Waals surface area contributed by atoms with Crippen molar-refractivity contribution < 1.29 is 0 Å². The van der Waals surface area contributed by atoms with Gasteiger partial charge in [-0.05, 0) is 70.7 Å². The third-order valence-corrected chi connectivity index (χ3v) is 5.36. The van der Waals surface area contributed by atoms with Crippen LogP contribution in [0, 0.1) is 11.8 Å². The van der Waals surface area contributed by atoms with Gasteiger partial charge < -0.3 is 15.5 Å². The number of nitrogens with zero attached hydrogens (tertiary/aromatic N) is 1. The fraction of sp³-hybridized carbons (Fsp3) is 1.00. The summed E-state index contributed by atoms with van der Waals surface area (Å²) in [6.07, 6.45) is 9.89. The van der Waals surface area contributed by atoms with Crippen LogP contribution in [0.25, 0.3) is 0 Å². The van der Waals surface area contributed by atoms with Crippen LogP contribution in [0.3, 0.4) is 0 Å². The Morgan fingerprint density at radius 3 is 1.62 bits per heavy atom. The molecule has 0 atom stereocenters. The lowest BCUT2D eigenvalue weighted by Gasteiger charge is -2.35. The van der Waals surface area contributed by atoms with Gasteiger partial charge in [0.2, 0.25) is 0 Å². The largest absolute Gasteiger partial charge is 0.317 e. The molecule has 2 heterocycles. The van der Waals surface area contributed by atoms with Gasteiger partial charge in [-0.1, -0.05) is 67.7 Å². The SMILES string of the molecule is CC.CC.CC.CC1CCC1.CNC1CCN(CC2CCNCC2)CC1. The number of piperidine rings is 2. The quantitative estimate of drug-likeness (QED) is 0.680. The average Bonchev–Trinajstić information content (AvgIpc) is 2.73. The molecule has 26 heavy (non-hydrogen) atoms. The molecule has 2 N–H and O–H groups in total. The molecular weight excluding hydrogens is 318 g/mol. The molecule has 3 heteroatoms. The number of hydrogen-bond acceptors (Lipinski definition) is 3. The van der Waals surface area contributed by atoms with Crippen molar-refractivity contribution >= 4 is 0 Å². The first kappa shape index (κ1) is 28.1. The lowest BCUT2D eigenvalue weighted by Crippen LogP contribution is -2.44. The van der Waals surface area contributed by atoms with E-state index in [1.54, 1.807) is 0 Å². The Balaban J connectivity index is 0. The van der Waals surface area contributed by atoms with Gasteiger partial charge in [-0.3, -0.25) is 0 Å². The summed E-state index contributed by atoms with van der Waals surface area (Å²) in [4.78, 5) is 2.67. The molecule has 0 unspecified atom stereocenters. The van der Waals surface area contributed by atoms with Gasteiger partial charge in [0, 0.05) is 12.6 Å². The zero-order chi connectivity index (χ0) is 20.2. The molecule has 0 amide bonds. The van der Waals surface area contributed by atoms with E-state index in [2.05, 4.69) is 29.5 Å². The second-order valence-corrected chi connectivity index (χ2v) is 7.09. The summed E-state index contributed by atoms with van der Waals surface area (Å²) in [5.41, 5.74) is 0. The molecule has 0 aromatic carbocycles. The van der Waals surface area contributed by atoms with Gasteiger partial charge in [-0.25, -0.2) is 0 Å². The standard InChI is InChI=1S/C12H25N3.C5H10.3C2H6/c1-13-12-4-8-15(9-5-12)10-11-2-6-14-7-3-11;1-5-3-2-4-5;3*1-2/h11-14H,2-10H2,1H3;5H,2-4H2,1H3;3*1-2H3. The first-order valence-electron chi connectivity index (χ1n) is 11.9. The molecule has 3 aliphatic rings. The van der Waals surface area contributed by atoms with E-state index in [0.717, 1.165) is 17.9 Å². The topological polar surface area (TPSA) is 27.3 Å². The first-order chi connectivity index (χ1) is 12.8. The monoisotopic (exact) mass is 371 g/mol. The van der Waals surface area contributed by atoms with Crippen molar-refractivity contribution in [1.82, 2.24) is 15.5 Å². The van der Waals surface area contributed by atoms with Crippen LogP contribution >= 0.6 is 0 Å². The molecule has 0 aromatic rings. The maximum absolute atomic E-state index is 3.44. The van der Waals surface area contributed by atoms with Crippen LogP contribution in [0.15, 0.2) is 0 Å². The molecule has 0 aromatic heterocycles. The third-order valence-electron chi connectivity index (χ3n) is 5.36. The second kappa shape index (κ2) is 21.2. The normalized spacial score (nSPS) is 21.2. The highest BCUT2D eigenvalue weighted by Gasteiger charge is 2.21. The van der Waals surface area contributed by atoms with Crippen molar-refractivity contribution in [2.75, 3.05) is 39.8 Å². The Bertz CT molecular complexity index is 240. The van der Waals surface area contributed by atoms with E-state index in [1.807, 2.05) is 41.5 Å². The van der Waals surface area contributed by atoms with Crippen molar-refractivity contribution in [2.45, 2.75) is 99.5 Å². The van der Waals surface area contributed by atoms with Crippen LogP contribution in [0.2, 0.25) is 0 Å². The van der Waals surface area contributed by atoms with Gasteiger partial charge in [-0.15, -0.1) is 0 Å². The Morgan fingerprint density at radius 1 is 0.808 bits per heavy atom. The maximum Gasteiger partial charge on any atom is 0.00884 e. The van der Waals surface area contributed by atoms with Crippen LogP contribution in [-0.2, 0) is 0 Å². The fourth-order valence-electron chi connectivity index (χ4n) is 3.45. The molecule has 2 saturated heterocycles. The molecule has 3 nitrogen and oxygen atoms in total. The molecule has 160 valence electrons. The van der Waals surface area contributed by atoms with E-state index in [1.165, 1.54) is 77.7 Å². The van der Waals surface area contributed by atoms with Crippen LogP contribution in [-0.4, -0.2) is 50.7 Å². The third kappa shape index (κ3) is 14.0. The maximum atomic E-state index is 3.44. The van der Waals surface area contributed by atoms with E-state index in [0.29, 0.717) is 0 Å². The summed E-state index contributed by atoms with van der Waals surface area (Å²) in [6, 6.07) is 0.772. The van der Waals surface area contributed by atoms with Crippen LogP contribution in [0.4, 0.5) is 0 Å². The summed E-state index contributed by atoms with van der Waals surface area (Å²) in [5, 5.41) is 6.83. The first-order valence-corrected chi connectivity index (χ1v) is 11.9. The minimum absolute atomic E-state index is 0.772. The Labute approximate surface area is 167 Å². The Morgan fingerprint density at radius 2 is 1.27 bits per heavy atom. The molecular formula is C23H53N3. The predicted octanol–water partition coefficient (Wildman–Crippen LogP) is 5.55. The van der Waals surface area contributed by atoms with Crippen molar-refractivity contribution in [1.29, 1.82) is 0 Å². The summed E-state index contributed by atoms with van der Waals surface area (Å²) in [6.45, 7) is 20.7. The van der Waals surface area contributed by atoms with E-state index >= 15 is 0 Å². The van der Waals surface area contributed by atoms with Crippen LogP contribution < -0.4 is 10.6 Å². The Kier molecular flexibility index (Phi) is 22.9. The van der Waals surface area contributed by atoms with E-state index in [4.69, 9.17) is 0 Å². The Hall–Kier alpha value is -0.120. The second-order valence-electron chi connectivity index (χ2n) is 7.09. The van der Waals surface area contributed by atoms with Crippen LogP contribution in [0.5, 0.6) is 0 Å². The number of likely N-dealkylation sites (tertiary alicyclic amines) is 1. The average molecular weight is 372 g/mol. The highest BCUT2D eigenvalue weighted by molar-refractivity contribution is 4.79. The molecule has 3 rings (SSSR count). The highest BCUT2D eigenvalue weighted by Crippen LogP contribution is 2.24. The molecule has 0 radical (unpaired) electrons. The summed E-state index contributed by atoms with van der Waals surface area (Å²) in [5.74, 6) is 2.02. The summed E-state index contributed by atoms with van der Waals surface area (Å²) >= 11 is 0. The zero-order valence-corrected chi connectivity index (χ0v) is 19.7. The molecule has 3 fully saturated rings. The zero-order valence-electron chi connectivity index (χ0n) is 19.7. The van der Waals surface area contributed by atoms with Crippen molar-refractivity contribution in [3.8, 4) is 0 Å². The highest BCUT2D eigenvalue weighted by atomic mass is 15.1. The fourth-order valence-corrected chi connectivity index (χ4v) is 3.45. The molecule has 1 aliphatic carbocycles. The molecule has 0 spiro atoms.